The molecule has 17 heavy (non-hydrogen) atoms. The highest BCUT2D eigenvalue weighted by Gasteiger charge is 2.38. The lowest BCUT2D eigenvalue weighted by atomic mass is 9.96. The maximum absolute atomic E-state index is 11.9. The number of hydrogen-bond acceptors (Lipinski definition) is 4. The van der Waals surface area contributed by atoms with E-state index in [-0.39, 0.29) is 5.75 Å². The topological polar surface area (TPSA) is 57.6 Å². The van der Waals surface area contributed by atoms with Crippen LogP contribution >= 0.6 is 0 Å². The van der Waals surface area contributed by atoms with Gasteiger partial charge in [0.25, 0.3) is 0 Å². The molecule has 1 aliphatic heterocycles. The van der Waals surface area contributed by atoms with Gasteiger partial charge < -0.3 is 10.0 Å². The summed E-state index contributed by atoms with van der Waals surface area (Å²) in [6.07, 6.45) is 0. The van der Waals surface area contributed by atoms with E-state index in [0.29, 0.717) is 23.7 Å². The molecule has 0 aliphatic carbocycles. The fourth-order valence-corrected chi connectivity index (χ4v) is 3.20. The maximum atomic E-state index is 11.9. The van der Waals surface area contributed by atoms with Gasteiger partial charge in [0.2, 0.25) is 0 Å². The Morgan fingerprint density at radius 2 is 1.94 bits per heavy atom. The van der Waals surface area contributed by atoms with Gasteiger partial charge in [-0.15, -0.1) is 0 Å². The summed E-state index contributed by atoms with van der Waals surface area (Å²) in [6, 6.07) is 6.96. The van der Waals surface area contributed by atoms with Gasteiger partial charge in [-0.25, -0.2) is 8.42 Å². The summed E-state index contributed by atoms with van der Waals surface area (Å²) in [7, 11) is -3.21. The minimum atomic E-state index is -3.21. The molecule has 0 atom stereocenters. The van der Waals surface area contributed by atoms with Crippen molar-refractivity contribution in [1.29, 1.82) is 0 Å². The standard InChI is InChI=1S/C12H17NO3S/c1-3-17(15,16)11-7-5-4-6-10(11)13-8-12(2,14)9-13/h4-7,14H,3,8-9H2,1-2H3. The van der Waals surface area contributed by atoms with Gasteiger partial charge in [0.15, 0.2) is 9.84 Å². The second-order valence-corrected chi connectivity index (χ2v) is 6.97. The van der Waals surface area contributed by atoms with Gasteiger partial charge >= 0.3 is 0 Å². The predicted octanol–water partition coefficient (Wildman–Crippen LogP) is 1.05. The molecule has 0 radical (unpaired) electrons. The zero-order chi connectivity index (χ0) is 12.7. The first-order valence-corrected chi connectivity index (χ1v) is 7.30. The lowest BCUT2D eigenvalue weighted by Gasteiger charge is -2.46. The number of aliphatic hydroxyl groups is 1. The van der Waals surface area contributed by atoms with E-state index >= 15 is 0 Å². The summed E-state index contributed by atoms with van der Waals surface area (Å²) < 4.78 is 23.9. The highest BCUT2D eigenvalue weighted by atomic mass is 32.2. The molecule has 0 spiro atoms. The number of β-amino-alcohol motifs (C(OH)–C–C–N with tert-alkyl or cyclic N) is 1. The van der Waals surface area contributed by atoms with Gasteiger partial charge in [-0.1, -0.05) is 19.1 Å². The van der Waals surface area contributed by atoms with Crippen molar-refractivity contribution in [3.8, 4) is 0 Å². The lowest BCUT2D eigenvalue weighted by Crippen LogP contribution is -2.60. The number of nitrogens with zero attached hydrogens (tertiary/aromatic N) is 1. The first kappa shape index (κ1) is 12.4. The van der Waals surface area contributed by atoms with E-state index in [0.717, 1.165) is 0 Å². The van der Waals surface area contributed by atoms with Gasteiger partial charge in [0.05, 0.1) is 21.9 Å². The molecule has 5 heteroatoms. The molecule has 94 valence electrons. The number of anilines is 1. The van der Waals surface area contributed by atoms with Crippen molar-refractivity contribution in [2.24, 2.45) is 0 Å². The molecule has 1 aromatic carbocycles. The second-order valence-electron chi connectivity index (χ2n) is 4.72. The molecule has 0 unspecified atom stereocenters. The van der Waals surface area contributed by atoms with Crippen LogP contribution in [0.3, 0.4) is 0 Å². The van der Waals surface area contributed by atoms with E-state index in [1.165, 1.54) is 0 Å². The Hall–Kier alpha value is -1.07. The van der Waals surface area contributed by atoms with Crippen molar-refractivity contribution < 1.29 is 13.5 Å². The zero-order valence-corrected chi connectivity index (χ0v) is 10.9. The van der Waals surface area contributed by atoms with Crippen LogP contribution in [0.1, 0.15) is 13.8 Å². The Balaban J connectivity index is 2.37. The van der Waals surface area contributed by atoms with Gasteiger partial charge in [0, 0.05) is 13.1 Å². The first-order valence-electron chi connectivity index (χ1n) is 5.65. The molecule has 0 aromatic heterocycles. The molecule has 1 aromatic rings. The van der Waals surface area contributed by atoms with E-state index < -0.39 is 15.4 Å². The number of hydrogen-bond donors (Lipinski definition) is 1. The van der Waals surface area contributed by atoms with E-state index in [1.54, 1.807) is 32.0 Å². The molecule has 1 heterocycles. The minimum absolute atomic E-state index is 0.0915. The summed E-state index contributed by atoms with van der Waals surface area (Å²) >= 11 is 0. The van der Waals surface area contributed by atoms with Gasteiger partial charge in [-0.2, -0.15) is 0 Å². The van der Waals surface area contributed by atoms with Crippen LogP contribution in [0.5, 0.6) is 0 Å². The summed E-state index contributed by atoms with van der Waals surface area (Å²) in [5, 5.41) is 9.70. The predicted molar refractivity (Wildman–Crippen MR) is 67.0 cm³/mol. The number of sulfone groups is 1. The van der Waals surface area contributed by atoms with Crippen LogP contribution in [0.15, 0.2) is 29.2 Å². The normalized spacial score (nSPS) is 18.9. The third-order valence-electron chi connectivity index (χ3n) is 2.98. The smallest absolute Gasteiger partial charge is 0.180 e. The molecule has 1 aliphatic rings. The van der Waals surface area contributed by atoms with Crippen LogP contribution in [0.25, 0.3) is 0 Å². The van der Waals surface area contributed by atoms with Crippen LogP contribution in [0.2, 0.25) is 0 Å². The lowest BCUT2D eigenvalue weighted by molar-refractivity contribution is 0.0307. The quantitative estimate of drug-likeness (QED) is 0.877. The number of para-hydroxylation sites is 1. The molecule has 2 rings (SSSR count). The minimum Gasteiger partial charge on any atom is -0.386 e. The van der Waals surface area contributed by atoms with Gasteiger partial charge in [0.1, 0.15) is 0 Å². The SMILES string of the molecule is CCS(=O)(=O)c1ccccc1N1CC(C)(O)C1. The van der Waals surface area contributed by atoms with Crippen LogP contribution < -0.4 is 4.90 Å². The third kappa shape index (κ3) is 2.30. The molecular weight excluding hydrogens is 238 g/mol. The molecule has 0 amide bonds. The van der Waals surface area contributed by atoms with E-state index in [9.17, 15) is 13.5 Å². The van der Waals surface area contributed by atoms with Crippen molar-refractivity contribution in [2.45, 2.75) is 24.3 Å². The Morgan fingerprint density at radius 1 is 1.35 bits per heavy atom. The Kier molecular flexibility index (Phi) is 2.91. The van der Waals surface area contributed by atoms with Crippen molar-refractivity contribution in [1.82, 2.24) is 0 Å². The monoisotopic (exact) mass is 255 g/mol. The number of rotatable bonds is 3. The summed E-state index contributed by atoms with van der Waals surface area (Å²) in [5.74, 6) is 0.0915. The van der Waals surface area contributed by atoms with Crippen molar-refractivity contribution in [3.05, 3.63) is 24.3 Å². The third-order valence-corrected chi connectivity index (χ3v) is 4.76. The van der Waals surface area contributed by atoms with Crippen LogP contribution in [-0.4, -0.2) is 38.0 Å². The van der Waals surface area contributed by atoms with Crippen molar-refractivity contribution in [3.63, 3.8) is 0 Å². The molecule has 1 fully saturated rings. The molecule has 0 saturated carbocycles. The highest BCUT2D eigenvalue weighted by Crippen LogP contribution is 2.32. The summed E-state index contributed by atoms with van der Waals surface area (Å²) in [6.45, 7) is 4.34. The van der Waals surface area contributed by atoms with E-state index in [2.05, 4.69) is 0 Å². The molecular formula is C12H17NO3S. The van der Waals surface area contributed by atoms with E-state index in [1.807, 2.05) is 11.0 Å². The Labute approximate surface area is 102 Å². The molecule has 1 saturated heterocycles. The Bertz CT molecular complexity index is 514. The van der Waals surface area contributed by atoms with Crippen LogP contribution in [0, 0.1) is 0 Å². The fraction of sp³-hybridized carbons (Fsp3) is 0.500. The summed E-state index contributed by atoms with van der Waals surface area (Å²) in [4.78, 5) is 2.25. The second kappa shape index (κ2) is 3.99. The molecule has 0 bridgehead atoms. The van der Waals surface area contributed by atoms with Gasteiger partial charge in [-0.05, 0) is 19.1 Å². The fourth-order valence-electron chi connectivity index (χ4n) is 2.08. The Morgan fingerprint density at radius 3 is 2.47 bits per heavy atom. The highest BCUT2D eigenvalue weighted by molar-refractivity contribution is 7.91. The zero-order valence-electron chi connectivity index (χ0n) is 10.0. The van der Waals surface area contributed by atoms with E-state index in [4.69, 9.17) is 0 Å². The van der Waals surface area contributed by atoms with Crippen LogP contribution in [-0.2, 0) is 9.84 Å². The van der Waals surface area contributed by atoms with Crippen molar-refractivity contribution in [2.75, 3.05) is 23.7 Å². The van der Waals surface area contributed by atoms with Gasteiger partial charge in [-0.3, -0.25) is 0 Å². The largest absolute Gasteiger partial charge is 0.386 e. The van der Waals surface area contributed by atoms with Crippen molar-refractivity contribution >= 4 is 15.5 Å². The molecule has 4 nitrogen and oxygen atoms in total. The summed E-state index contributed by atoms with van der Waals surface area (Å²) in [5.41, 5.74) is -0.0100. The van der Waals surface area contributed by atoms with Crippen LogP contribution in [0.4, 0.5) is 5.69 Å². The first-order chi connectivity index (χ1) is 7.86. The average molecular weight is 255 g/mol. The average Bonchev–Trinajstić information content (AvgIpc) is 2.26. The maximum Gasteiger partial charge on any atom is 0.180 e. The number of benzene rings is 1. The molecule has 1 N–H and O–H groups in total.